The van der Waals surface area contributed by atoms with Gasteiger partial charge in [-0.2, -0.15) is 5.26 Å². The largest absolute Gasteiger partial charge is 0.502 e. The highest BCUT2D eigenvalue weighted by Gasteiger charge is 2.14. The Hall–Kier alpha value is -3.70. The van der Waals surface area contributed by atoms with Crippen molar-refractivity contribution in [2.24, 2.45) is 0 Å². The zero-order valence-electron chi connectivity index (χ0n) is 14.1. The third-order valence-electron chi connectivity index (χ3n) is 3.75. The molecule has 0 amide bonds. The normalized spacial score (nSPS) is 11.0. The molecule has 7 nitrogen and oxygen atoms in total. The van der Waals surface area contributed by atoms with Gasteiger partial charge in [-0.3, -0.25) is 10.1 Å². The van der Waals surface area contributed by atoms with E-state index in [1.165, 1.54) is 35.6 Å². The van der Waals surface area contributed by atoms with Gasteiger partial charge in [0.2, 0.25) is 0 Å². The molecule has 0 spiro atoms. The lowest BCUT2D eigenvalue weighted by molar-refractivity contribution is -0.385. The van der Waals surface area contributed by atoms with Crippen LogP contribution >= 0.6 is 11.3 Å². The average Bonchev–Trinajstić information content (AvgIpc) is 3.17. The van der Waals surface area contributed by atoms with Gasteiger partial charge in [0.25, 0.3) is 0 Å². The Balaban J connectivity index is 1.93. The van der Waals surface area contributed by atoms with Crippen molar-refractivity contribution >= 4 is 28.7 Å². The second-order valence-electron chi connectivity index (χ2n) is 5.44. The molecule has 0 aliphatic rings. The van der Waals surface area contributed by atoms with Crippen LogP contribution in [0.4, 0.5) is 5.69 Å². The summed E-state index contributed by atoms with van der Waals surface area (Å²) in [6, 6.07) is 13.4. The molecule has 134 valence electrons. The Bertz CT molecular complexity index is 1070. The molecule has 3 rings (SSSR count). The summed E-state index contributed by atoms with van der Waals surface area (Å²) in [5.41, 5.74) is 1.89. The molecule has 1 aromatic heterocycles. The van der Waals surface area contributed by atoms with Crippen LogP contribution < -0.4 is 4.74 Å². The van der Waals surface area contributed by atoms with Crippen LogP contribution in [0, 0.1) is 21.4 Å². The smallest absolute Gasteiger partial charge is 0.311 e. The maximum Gasteiger partial charge on any atom is 0.311 e. The van der Waals surface area contributed by atoms with E-state index in [0.29, 0.717) is 10.6 Å². The van der Waals surface area contributed by atoms with Gasteiger partial charge in [-0.15, -0.1) is 11.3 Å². The molecule has 0 bridgehead atoms. The number of allylic oxidation sites excluding steroid dienone is 1. The predicted octanol–water partition coefficient (Wildman–Crippen LogP) is 4.50. The molecule has 1 heterocycles. The van der Waals surface area contributed by atoms with Crippen molar-refractivity contribution < 1.29 is 14.8 Å². The summed E-state index contributed by atoms with van der Waals surface area (Å²) in [7, 11) is 1.59. The van der Waals surface area contributed by atoms with E-state index in [1.807, 2.05) is 29.6 Å². The number of aromatic nitrogens is 1. The van der Waals surface area contributed by atoms with Crippen LogP contribution in [-0.4, -0.2) is 22.1 Å². The molecule has 3 aromatic rings. The standard InChI is InChI=1S/C19H13N3O4S/c1-26-15-5-3-13(4-6-15)16-11-27-19(21-16)14(10-20)8-12-2-7-18(23)17(9-12)22(24)25/h2-9,11,23H,1H3/b14-8+. The molecule has 27 heavy (non-hydrogen) atoms. The minimum atomic E-state index is -0.677. The molecule has 0 unspecified atom stereocenters. The molecular weight excluding hydrogens is 366 g/mol. The number of thiazole rings is 1. The van der Waals surface area contributed by atoms with Gasteiger partial charge >= 0.3 is 5.69 Å². The number of nitriles is 1. The summed E-state index contributed by atoms with van der Waals surface area (Å²) in [6.45, 7) is 0. The van der Waals surface area contributed by atoms with Crippen LogP contribution in [0.25, 0.3) is 22.9 Å². The number of hydrogen-bond donors (Lipinski definition) is 1. The number of nitro benzene ring substituents is 1. The number of phenolic OH excluding ortho intramolecular Hbond substituents is 1. The summed E-state index contributed by atoms with van der Waals surface area (Å²) < 4.78 is 5.13. The molecule has 0 radical (unpaired) electrons. The monoisotopic (exact) mass is 379 g/mol. The first-order valence-electron chi connectivity index (χ1n) is 7.71. The van der Waals surface area contributed by atoms with Crippen molar-refractivity contribution in [1.29, 1.82) is 5.26 Å². The highest BCUT2D eigenvalue weighted by Crippen LogP contribution is 2.30. The maximum atomic E-state index is 10.9. The van der Waals surface area contributed by atoms with Crippen LogP contribution in [-0.2, 0) is 0 Å². The van der Waals surface area contributed by atoms with E-state index in [9.17, 15) is 20.5 Å². The molecule has 0 saturated carbocycles. The number of aromatic hydroxyl groups is 1. The van der Waals surface area contributed by atoms with Crippen molar-refractivity contribution in [3.05, 3.63) is 68.5 Å². The summed E-state index contributed by atoms with van der Waals surface area (Å²) in [4.78, 5) is 14.8. The van der Waals surface area contributed by atoms with Crippen molar-refractivity contribution in [2.75, 3.05) is 7.11 Å². The van der Waals surface area contributed by atoms with Crippen molar-refractivity contribution in [3.8, 4) is 28.8 Å². The van der Waals surface area contributed by atoms with Gasteiger partial charge in [0.1, 0.15) is 16.8 Å². The SMILES string of the molecule is COc1ccc(-c2csc(/C(C#N)=C/c3ccc(O)c([N+](=O)[O-])c3)n2)cc1. The number of phenols is 1. The van der Waals surface area contributed by atoms with Gasteiger partial charge in [0, 0.05) is 17.0 Å². The number of methoxy groups -OCH3 is 1. The molecule has 2 aromatic carbocycles. The number of rotatable bonds is 5. The number of ether oxygens (including phenoxy) is 1. The molecular formula is C19H13N3O4S. The van der Waals surface area contributed by atoms with E-state index >= 15 is 0 Å². The first-order valence-corrected chi connectivity index (χ1v) is 8.59. The maximum absolute atomic E-state index is 10.9. The first kappa shape index (κ1) is 18.1. The van der Waals surface area contributed by atoms with Crippen molar-refractivity contribution in [2.45, 2.75) is 0 Å². The van der Waals surface area contributed by atoms with E-state index in [4.69, 9.17) is 4.74 Å². The van der Waals surface area contributed by atoms with Gasteiger partial charge in [-0.25, -0.2) is 4.98 Å². The Morgan fingerprint density at radius 2 is 2.07 bits per heavy atom. The molecule has 0 saturated heterocycles. The molecule has 0 fully saturated rings. The minimum absolute atomic E-state index is 0.278. The highest BCUT2D eigenvalue weighted by atomic mass is 32.1. The lowest BCUT2D eigenvalue weighted by Gasteiger charge is -2.00. The molecule has 0 atom stereocenters. The summed E-state index contributed by atoms with van der Waals surface area (Å²) in [6.07, 6.45) is 1.50. The zero-order chi connectivity index (χ0) is 19.4. The highest BCUT2D eigenvalue weighted by molar-refractivity contribution is 7.11. The fraction of sp³-hybridized carbons (Fsp3) is 0.0526. The van der Waals surface area contributed by atoms with Crippen LogP contribution in [0.3, 0.4) is 0 Å². The lowest BCUT2D eigenvalue weighted by atomic mass is 10.1. The predicted molar refractivity (Wildman–Crippen MR) is 102 cm³/mol. The Kier molecular flexibility index (Phi) is 5.15. The Labute approximate surface area is 158 Å². The van der Waals surface area contributed by atoms with E-state index in [2.05, 4.69) is 11.1 Å². The number of nitrogens with zero attached hydrogens (tertiary/aromatic N) is 3. The van der Waals surface area contributed by atoms with Crippen LogP contribution in [0.15, 0.2) is 47.8 Å². The van der Waals surface area contributed by atoms with Gasteiger partial charge in [0.05, 0.1) is 23.3 Å². The van der Waals surface area contributed by atoms with Gasteiger partial charge in [-0.05, 0) is 42.0 Å². The summed E-state index contributed by atoms with van der Waals surface area (Å²) in [5.74, 6) is 0.312. The average molecular weight is 379 g/mol. The summed E-state index contributed by atoms with van der Waals surface area (Å²) >= 11 is 1.30. The Morgan fingerprint density at radius 1 is 1.33 bits per heavy atom. The number of hydrogen-bond acceptors (Lipinski definition) is 7. The topological polar surface area (TPSA) is 109 Å². The van der Waals surface area contributed by atoms with E-state index in [1.54, 1.807) is 7.11 Å². The fourth-order valence-electron chi connectivity index (χ4n) is 2.38. The van der Waals surface area contributed by atoms with Gasteiger partial charge in [-0.1, -0.05) is 6.07 Å². The van der Waals surface area contributed by atoms with Crippen molar-refractivity contribution in [3.63, 3.8) is 0 Å². The Morgan fingerprint density at radius 3 is 2.70 bits per heavy atom. The third-order valence-corrected chi connectivity index (χ3v) is 4.62. The van der Waals surface area contributed by atoms with Gasteiger partial charge < -0.3 is 9.84 Å². The number of nitro groups is 1. The van der Waals surface area contributed by atoms with Crippen LogP contribution in [0.1, 0.15) is 10.6 Å². The molecule has 0 aliphatic carbocycles. The lowest BCUT2D eigenvalue weighted by Crippen LogP contribution is -1.89. The third kappa shape index (κ3) is 3.94. The molecule has 0 aliphatic heterocycles. The minimum Gasteiger partial charge on any atom is -0.502 e. The van der Waals surface area contributed by atoms with E-state index < -0.39 is 16.4 Å². The van der Waals surface area contributed by atoms with Crippen LogP contribution in [0.5, 0.6) is 11.5 Å². The van der Waals surface area contributed by atoms with E-state index in [0.717, 1.165) is 17.0 Å². The molecule has 1 N–H and O–H groups in total. The second-order valence-corrected chi connectivity index (χ2v) is 6.30. The summed E-state index contributed by atoms with van der Waals surface area (Å²) in [5, 5.41) is 32.3. The zero-order valence-corrected chi connectivity index (χ0v) is 14.9. The van der Waals surface area contributed by atoms with Crippen molar-refractivity contribution in [1.82, 2.24) is 4.98 Å². The fourth-order valence-corrected chi connectivity index (χ4v) is 3.17. The quantitative estimate of drug-likeness (QED) is 0.397. The molecule has 8 heteroatoms. The second kappa shape index (κ2) is 7.68. The number of benzene rings is 2. The van der Waals surface area contributed by atoms with Gasteiger partial charge in [0.15, 0.2) is 5.75 Å². The first-order chi connectivity index (χ1) is 13.0. The van der Waals surface area contributed by atoms with E-state index in [-0.39, 0.29) is 5.57 Å². The van der Waals surface area contributed by atoms with Crippen LogP contribution in [0.2, 0.25) is 0 Å².